The average Bonchev–Trinajstić information content (AvgIpc) is 3.24. The van der Waals surface area contributed by atoms with Crippen LogP contribution in [0.4, 0.5) is 19.3 Å². The molecule has 0 aliphatic carbocycles. The molecule has 1 fully saturated rings. The standard InChI is InChI=1S/C21H24ClF2N5O2/c1-27(2)16-7-8-28(12-16)21(31)29(15-5-6-18(23)17(22)10-15)11-14-4-3-13(9-19(14)24)20(30)26-25/h3-6,9-10,16H,7-8,11-12,25H2,1-2H3,(H,26,30). The molecule has 0 spiro atoms. The molecular weight excluding hydrogens is 428 g/mol. The number of hydrogen-bond donors (Lipinski definition) is 2. The summed E-state index contributed by atoms with van der Waals surface area (Å²) in [5.74, 6) is 3.18. The lowest BCUT2D eigenvalue weighted by molar-refractivity contribution is 0.0953. The van der Waals surface area contributed by atoms with E-state index in [2.05, 4.69) is 0 Å². The van der Waals surface area contributed by atoms with Crippen molar-refractivity contribution in [2.75, 3.05) is 32.1 Å². The van der Waals surface area contributed by atoms with E-state index >= 15 is 0 Å². The van der Waals surface area contributed by atoms with E-state index in [-0.39, 0.29) is 34.8 Å². The Morgan fingerprint density at radius 1 is 1.19 bits per heavy atom. The van der Waals surface area contributed by atoms with Gasteiger partial charge in [-0.1, -0.05) is 17.7 Å². The molecule has 0 aromatic heterocycles. The Morgan fingerprint density at radius 3 is 2.52 bits per heavy atom. The summed E-state index contributed by atoms with van der Waals surface area (Å²) in [6.45, 7) is 0.945. The first-order chi connectivity index (χ1) is 14.7. The number of likely N-dealkylation sites (N-methyl/N-ethyl adjacent to an activating group) is 1. The summed E-state index contributed by atoms with van der Waals surface area (Å²) >= 11 is 5.93. The number of rotatable bonds is 5. The number of benzene rings is 2. The Labute approximate surface area is 184 Å². The number of nitrogen functional groups attached to an aromatic ring is 1. The topological polar surface area (TPSA) is 81.9 Å². The Kier molecular flexibility index (Phi) is 7.09. The van der Waals surface area contributed by atoms with E-state index in [1.54, 1.807) is 4.90 Å². The number of urea groups is 1. The second-order valence-corrected chi connectivity index (χ2v) is 8.01. The van der Waals surface area contributed by atoms with Crippen LogP contribution >= 0.6 is 11.6 Å². The molecule has 31 heavy (non-hydrogen) atoms. The molecule has 3 rings (SSSR count). The lowest BCUT2D eigenvalue weighted by atomic mass is 10.1. The van der Waals surface area contributed by atoms with Crippen molar-refractivity contribution >= 4 is 29.2 Å². The minimum absolute atomic E-state index is 0.0554. The molecule has 1 heterocycles. The van der Waals surface area contributed by atoms with Gasteiger partial charge in [0.2, 0.25) is 0 Å². The van der Waals surface area contributed by atoms with E-state index in [4.69, 9.17) is 17.4 Å². The van der Waals surface area contributed by atoms with Crippen molar-refractivity contribution in [2.45, 2.75) is 19.0 Å². The maximum atomic E-state index is 14.7. The van der Waals surface area contributed by atoms with Crippen LogP contribution < -0.4 is 16.2 Å². The van der Waals surface area contributed by atoms with Crippen LogP contribution in [0.2, 0.25) is 5.02 Å². The van der Waals surface area contributed by atoms with Crippen LogP contribution in [0.25, 0.3) is 0 Å². The van der Waals surface area contributed by atoms with E-state index in [1.165, 1.54) is 29.2 Å². The second-order valence-electron chi connectivity index (χ2n) is 7.60. The van der Waals surface area contributed by atoms with Crippen LogP contribution in [0, 0.1) is 11.6 Å². The minimum Gasteiger partial charge on any atom is -0.323 e. The summed E-state index contributed by atoms with van der Waals surface area (Å²) in [5.41, 5.74) is 2.53. The largest absolute Gasteiger partial charge is 0.324 e. The Balaban J connectivity index is 1.92. The van der Waals surface area contributed by atoms with Gasteiger partial charge < -0.3 is 9.80 Å². The number of carbonyl (C=O) groups excluding carboxylic acids is 2. The lowest BCUT2D eigenvalue weighted by Crippen LogP contribution is -2.43. The normalized spacial score (nSPS) is 16.0. The number of amides is 3. The number of anilines is 1. The second kappa shape index (κ2) is 9.59. The third-order valence-electron chi connectivity index (χ3n) is 5.38. The number of nitrogens with one attached hydrogen (secondary N) is 1. The van der Waals surface area contributed by atoms with Crippen LogP contribution in [0.1, 0.15) is 22.3 Å². The van der Waals surface area contributed by atoms with Gasteiger partial charge in [-0.25, -0.2) is 19.4 Å². The monoisotopic (exact) mass is 451 g/mol. The SMILES string of the molecule is CN(C)C1CCN(C(=O)N(Cc2ccc(C(=O)NN)cc2F)c2ccc(F)c(Cl)c2)C1. The highest BCUT2D eigenvalue weighted by Gasteiger charge is 2.31. The van der Waals surface area contributed by atoms with Crippen molar-refractivity contribution in [3.8, 4) is 0 Å². The molecule has 1 unspecified atom stereocenters. The zero-order valence-electron chi connectivity index (χ0n) is 17.2. The van der Waals surface area contributed by atoms with Crippen molar-refractivity contribution in [3.05, 3.63) is 64.2 Å². The summed E-state index contributed by atoms with van der Waals surface area (Å²) in [5, 5.41) is -0.140. The van der Waals surface area contributed by atoms with Gasteiger partial charge >= 0.3 is 6.03 Å². The predicted molar refractivity (Wildman–Crippen MR) is 115 cm³/mol. The fraction of sp³-hybridized carbons (Fsp3) is 0.333. The van der Waals surface area contributed by atoms with Crippen molar-refractivity contribution in [1.82, 2.24) is 15.2 Å². The number of nitrogens with two attached hydrogens (primary N) is 1. The summed E-state index contributed by atoms with van der Waals surface area (Å²) in [6, 6.07) is 7.68. The highest BCUT2D eigenvalue weighted by atomic mass is 35.5. The molecule has 0 bridgehead atoms. The lowest BCUT2D eigenvalue weighted by Gasteiger charge is -2.29. The molecule has 1 aliphatic rings. The van der Waals surface area contributed by atoms with Gasteiger partial charge in [-0.15, -0.1) is 0 Å². The predicted octanol–water partition coefficient (Wildman–Crippen LogP) is 2.98. The van der Waals surface area contributed by atoms with Gasteiger partial charge in [-0.05, 0) is 50.8 Å². The van der Waals surface area contributed by atoms with Crippen molar-refractivity contribution < 1.29 is 18.4 Å². The van der Waals surface area contributed by atoms with E-state index in [0.29, 0.717) is 18.8 Å². The maximum absolute atomic E-state index is 14.7. The molecule has 0 radical (unpaired) electrons. The van der Waals surface area contributed by atoms with Gasteiger partial charge in [-0.3, -0.25) is 15.1 Å². The zero-order chi connectivity index (χ0) is 22.7. The first kappa shape index (κ1) is 22.9. The molecule has 3 N–H and O–H groups in total. The molecular formula is C21H24ClF2N5O2. The van der Waals surface area contributed by atoms with Gasteiger partial charge in [-0.2, -0.15) is 0 Å². The highest BCUT2D eigenvalue weighted by molar-refractivity contribution is 6.31. The maximum Gasteiger partial charge on any atom is 0.324 e. The summed E-state index contributed by atoms with van der Waals surface area (Å²) in [7, 11) is 3.90. The zero-order valence-corrected chi connectivity index (χ0v) is 18.0. The van der Waals surface area contributed by atoms with Crippen LogP contribution in [-0.2, 0) is 6.54 Å². The number of carbonyl (C=O) groups is 2. The number of hydrazine groups is 1. The quantitative estimate of drug-likeness (QED) is 0.416. The molecule has 1 atom stereocenters. The van der Waals surface area contributed by atoms with E-state index in [9.17, 15) is 18.4 Å². The first-order valence-electron chi connectivity index (χ1n) is 9.68. The molecule has 2 aromatic carbocycles. The molecule has 0 saturated carbocycles. The van der Waals surface area contributed by atoms with Crippen LogP contribution in [0.15, 0.2) is 36.4 Å². The molecule has 2 aromatic rings. The Morgan fingerprint density at radius 2 is 1.94 bits per heavy atom. The average molecular weight is 452 g/mol. The van der Waals surface area contributed by atoms with Crippen molar-refractivity contribution in [1.29, 1.82) is 0 Å². The van der Waals surface area contributed by atoms with Gasteiger partial charge in [0.05, 0.1) is 11.6 Å². The molecule has 166 valence electrons. The van der Waals surface area contributed by atoms with Gasteiger partial charge in [0, 0.05) is 35.9 Å². The van der Waals surface area contributed by atoms with E-state index in [0.717, 1.165) is 18.6 Å². The molecule has 1 aliphatic heterocycles. The summed E-state index contributed by atoms with van der Waals surface area (Å²) in [6.07, 6.45) is 0.814. The highest BCUT2D eigenvalue weighted by Crippen LogP contribution is 2.27. The Hall–Kier alpha value is -2.75. The van der Waals surface area contributed by atoms with E-state index in [1.807, 2.05) is 24.4 Å². The summed E-state index contributed by atoms with van der Waals surface area (Å²) < 4.78 is 28.4. The minimum atomic E-state index is -0.667. The van der Waals surface area contributed by atoms with Crippen LogP contribution in [0.5, 0.6) is 0 Å². The fourth-order valence-electron chi connectivity index (χ4n) is 3.50. The smallest absolute Gasteiger partial charge is 0.323 e. The number of nitrogens with zero attached hydrogens (tertiary/aromatic N) is 3. The van der Waals surface area contributed by atoms with Crippen LogP contribution in [0.3, 0.4) is 0 Å². The third kappa shape index (κ3) is 5.12. The van der Waals surface area contributed by atoms with Gasteiger partial charge in [0.15, 0.2) is 0 Å². The molecule has 10 heteroatoms. The molecule has 3 amide bonds. The summed E-state index contributed by atoms with van der Waals surface area (Å²) in [4.78, 5) is 30.0. The van der Waals surface area contributed by atoms with Gasteiger partial charge in [0.1, 0.15) is 11.6 Å². The number of likely N-dealkylation sites (tertiary alicyclic amines) is 1. The fourth-order valence-corrected chi connectivity index (χ4v) is 3.68. The number of hydrogen-bond acceptors (Lipinski definition) is 4. The number of halogens is 3. The van der Waals surface area contributed by atoms with Crippen LogP contribution in [-0.4, -0.2) is 55.0 Å². The first-order valence-corrected chi connectivity index (χ1v) is 10.1. The third-order valence-corrected chi connectivity index (χ3v) is 5.67. The van der Waals surface area contributed by atoms with Gasteiger partial charge in [0.25, 0.3) is 5.91 Å². The van der Waals surface area contributed by atoms with Crippen molar-refractivity contribution in [2.24, 2.45) is 5.84 Å². The molecule has 1 saturated heterocycles. The molecule has 7 nitrogen and oxygen atoms in total. The van der Waals surface area contributed by atoms with E-state index < -0.39 is 17.5 Å². The van der Waals surface area contributed by atoms with Crippen molar-refractivity contribution in [3.63, 3.8) is 0 Å². The Bertz CT molecular complexity index is 988.